The van der Waals surface area contributed by atoms with E-state index in [2.05, 4.69) is 23.6 Å². The Morgan fingerprint density at radius 3 is 2.80 bits per heavy atom. The summed E-state index contributed by atoms with van der Waals surface area (Å²) < 4.78 is 31.1. The first-order valence-corrected chi connectivity index (χ1v) is 14.5. The molecule has 0 bridgehead atoms. The van der Waals surface area contributed by atoms with Gasteiger partial charge in [0, 0.05) is 29.0 Å². The summed E-state index contributed by atoms with van der Waals surface area (Å²) in [5.41, 5.74) is 2.37. The molecule has 1 N–H and O–H groups in total. The molecular formula is C30H32FN3O6S. The van der Waals surface area contributed by atoms with Crippen LogP contribution in [-0.2, 0) is 24.8 Å². The lowest BCUT2D eigenvalue weighted by molar-refractivity contribution is -0.181. The van der Waals surface area contributed by atoms with Gasteiger partial charge in [0.2, 0.25) is 6.79 Å². The number of rotatable bonds is 4. The molecular weight excluding hydrogens is 549 g/mol. The van der Waals surface area contributed by atoms with E-state index in [-0.39, 0.29) is 28.6 Å². The quantitative estimate of drug-likeness (QED) is 0.401. The topological polar surface area (TPSA) is 91.8 Å². The lowest BCUT2D eigenvalue weighted by Crippen LogP contribution is -2.67. The number of hydrogen-bond donors (Lipinski definition) is 1. The van der Waals surface area contributed by atoms with Gasteiger partial charge in [-0.2, -0.15) is 5.01 Å². The predicted octanol–water partition coefficient (Wildman–Crippen LogP) is 4.89. The molecule has 0 radical (unpaired) electrons. The average Bonchev–Trinajstić information content (AvgIpc) is 3.11. The fourth-order valence-electron chi connectivity index (χ4n) is 6.09. The molecule has 9 nitrogen and oxygen atoms in total. The van der Waals surface area contributed by atoms with Crippen LogP contribution in [0.3, 0.4) is 0 Å². The lowest BCUT2D eigenvalue weighted by Gasteiger charge is -2.57. The average molecular weight is 582 g/mol. The van der Waals surface area contributed by atoms with Crippen LogP contribution in [0.4, 0.5) is 9.18 Å². The fraction of sp³-hybridized carbons (Fsp3) is 0.400. The second-order valence-corrected chi connectivity index (χ2v) is 12.2. The molecule has 4 aliphatic heterocycles. The number of aliphatic hydroxyl groups excluding tert-OH is 1. The number of thioether (sulfide) groups is 1. The Labute approximate surface area is 242 Å². The summed E-state index contributed by atoms with van der Waals surface area (Å²) in [4.78, 5) is 28.5. The highest BCUT2D eigenvalue weighted by atomic mass is 32.2. The van der Waals surface area contributed by atoms with Crippen molar-refractivity contribution in [2.45, 2.75) is 55.6 Å². The number of hydrogen-bond acceptors (Lipinski definition) is 9. The molecule has 6 rings (SSSR count). The zero-order valence-electron chi connectivity index (χ0n) is 23.1. The van der Waals surface area contributed by atoms with Crippen LogP contribution in [-0.4, -0.2) is 64.8 Å². The van der Waals surface area contributed by atoms with Crippen LogP contribution in [0, 0.1) is 11.2 Å². The normalized spacial score (nSPS) is 25.0. The van der Waals surface area contributed by atoms with Gasteiger partial charge in [-0.05, 0) is 47.6 Å². The maximum absolute atomic E-state index is 16.0. The number of methoxy groups -OCH3 is 1. The number of carbonyl (C=O) groups excluding carboxylic acids is 2. The van der Waals surface area contributed by atoms with Crippen molar-refractivity contribution >= 4 is 23.8 Å². The summed E-state index contributed by atoms with van der Waals surface area (Å²) in [5, 5.41) is 14.7. The minimum atomic E-state index is -1.26. The zero-order chi connectivity index (χ0) is 28.9. The molecule has 0 saturated carbocycles. The molecule has 216 valence electrons. The molecule has 3 atom stereocenters. The van der Waals surface area contributed by atoms with Crippen LogP contribution < -0.4 is 0 Å². The first-order valence-electron chi connectivity index (χ1n) is 13.5. The van der Waals surface area contributed by atoms with Crippen LogP contribution in [0.2, 0.25) is 0 Å². The third kappa shape index (κ3) is 4.85. The predicted molar refractivity (Wildman–Crippen MR) is 148 cm³/mol. The van der Waals surface area contributed by atoms with Crippen molar-refractivity contribution in [1.29, 1.82) is 0 Å². The van der Waals surface area contributed by atoms with E-state index >= 15 is 4.39 Å². The van der Waals surface area contributed by atoms with Crippen LogP contribution in [0.1, 0.15) is 49.4 Å². The van der Waals surface area contributed by atoms with Gasteiger partial charge in [-0.3, -0.25) is 9.80 Å². The Hall–Kier alpha value is -3.54. The number of hydrazine groups is 1. The Balaban J connectivity index is 1.55. The Bertz CT molecular complexity index is 1450. The molecule has 1 unspecified atom stereocenters. The lowest BCUT2D eigenvalue weighted by atomic mass is 9.79. The highest BCUT2D eigenvalue weighted by molar-refractivity contribution is 7.98. The molecule has 2 aromatic rings. The molecule has 0 aromatic heterocycles. The van der Waals surface area contributed by atoms with E-state index in [1.807, 2.05) is 30.3 Å². The summed E-state index contributed by atoms with van der Waals surface area (Å²) in [6.07, 6.45) is 1.95. The standard InChI is InChI=1S/C30H32FN3O6S/c1-30(2)12-14-32-23(15-30)34(33-13-11-21(35)27(26(33)28(32)36)39-17-40-29(37)38-3)25-19-8-4-5-10-22(19)41-16-18-7-6-9-20(31)24(18)25/h4-11,13,21,23,25,35H,12,14-17H2,1-3H3/t21?,23-,25-/m1/s1. The van der Waals surface area contributed by atoms with Crippen LogP contribution >= 0.6 is 11.8 Å². The smallest absolute Gasteiger partial charge is 0.456 e. The van der Waals surface area contributed by atoms with Gasteiger partial charge < -0.3 is 24.2 Å². The molecule has 4 aliphatic rings. The summed E-state index contributed by atoms with van der Waals surface area (Å²) in [7, 11) is 1.17. The molecule has 0 spiro atoms. The monoisotopic (exact) mass is 581 g/mol. The molecule has 2 fully saturated rings. The van der Waals surface area contributed by atoms with E-state index in [1.54, 1.807) is 33.9 Å². The molecule has 11 heteroatoms. The van der Waals surface area contributed by atoms with Crippen molar-refractivity contribution in [2.75, 3.05) is 20.4 Å². The highest BCUT2D eigenvalue weighted by Crippen LogP contribution is 2.50. The summed E-state index contributed by atoms with van der Waals surface area (Å²) in [5.74, 6) is -0.0928. The van der Waals surface area contributed by atoms with Gasteiger partial charge in [0.1, 0.15) is 18.1 Å². The van der Waals surface area contributed by atoms with E-state index in [0.29, 0.717) is 24.3 Å². The van der Waals surface area contributed by atoms with E-state index in [9.17, 15) is 14.7 Å². The number of ether oxygens (including phenoxy) is 3. The molecule has 0 aliphatic carbocycles. The van der Waals surface area contributed by atoms with Crippen LogP contribution in [0.5, 0.6) is 0 Å². The van der Waals surface area contributed by atoms with Crippen molar-refractivity contribution in [1.82, 2.24) is 14.9 Å². The number of carbonyl (C=O) groups is 2. The van der Waals surface area contributed by atoms with Crippen LogP contribution in [0.25, 0.3) is 0 Å². The third-order valence-corrected chi connectivity index (χ3v) is 9.26. The molecule has 2 aromatic carbocycles. The van der Waals surface area contributed by atoms with Gasteiger partial charge in [-0.25, -0.2) is 9.18 Å². The minimum Gasteiger partial charge on any atom is -0.456 e. The van der Waals surface area contributed by atoms with Gasteiger partial charge in [-0.1, -0.05) is 44.2 Å². The number of nitrogens with zero attached hydrogens (tertiary/aromatic N) is 3. The van der Waals surface area contributed by atoms with Gasteiger partial charge in [0.25, 0.3) is 5.91 Å². The first kappa shape index (κ1) is 27.6. The van der Waals surface area contributed by atoms with Crippen molar-refractivity contribution < 1.29 is 33.3 Å². The third-order valence-electron chi connectivity index (χ3n) is 8.12. The maximum atomic E-state index is 16.0. The van der Waals surface area contributed by atoms with Crippen molar-refractivity contribution in [2.24, 2.45) is 5.41 Å². The van der Waals surface area contributed by atoms with E-state index < -0.39 is 31.3 Å². The summed E-state index contributed by atoms with van der Waals surface area (Å²) in [6, 6.07) is 12.5. The van der Waals surface area contributed by atoms with Gasteiger partial charge in [-0.15, -0.1) is 11.8 Å². The van der Waals surface area contributed by atoms with E-state index in [0.717, 1.165) is 22.4 Å². The number of fused-ring (bicyclic) bond motifs is 4. The van der Waals surface area contributed by atoms with E-state index in [1.165, 1.54) is 19.3 Å². The Morgan fingerprint density at radius 1 is 1.20 bits per heavy atom. The zero-order valence-corrected chi connectivity index (χ0v) is 23.9. The number of piperidine rings is 1. The summed E-state index contributed by atoms with van der Waals surface area (Å²) in [6.45, 7) is 4.27. The van der Waals surface area contributed by atoms with Gasteiger partial charge >= 0.3 is 6.16 Å². The SMILES string of the molecule is COC(=O)OCOC1=C2C(=O)N3CCC(C)(C)C[C@H]3N([C@@H]3c4ccccc4SCc4cccc(F)c43)N2C=CC1O. The second kappa shape index (κ2) is 10.7. The molecule has 2 saturated heterocycles. The number of benzene rings is 2. The Morgan fingerprint density at radius 2 is 2.00 bits per heavy atom. The molecule has 41 heavy (non-hydrogen) atoms. The van der Waals surface area contributed by atoms with E-state index in [4.69, 9.17) is 9.47 Å². The van der Waals surface area contributed by atoms with Crippen molar-refractivity contribution in [3.05, 3.63) is 88.7 Å². The fourth-order valence-corrected chi connectivity index (χ4v) is 7.18. The number of amides is 1. The number of aliphatic hydroxyl groups is 1. The first-order chi connectivity index (χ1) is 19.7. The van der Waals surface area contributed by atoms with Crippen molar-refractivity contribution in [3.63, 3.8) is 0 Å². The number of halogens is 1. The maximum Gasteiger partial charge on any atom is 0.510 e. The summed E-state index contributed by atoms with van der Waals surface area (Å²) >= 11 is 1.66. The Kier molecular flexibility index (Phi) is 7.21. The van der Waals surface area contributed by atoms with Gasteiger partial charge in [0.05, 0.1) is 13.2 Å². The second-order valence-electron chi connectivity index (χ2n) is 11.2. The highest BCUT2D eigenvalue weighted by Gasteiger charge is 2.52. The van der Waals surface area contributed by atoms with Crippen molar-refractivity contribution in [3.8, 4) is 0 Å². The molecule has 1 amide bonds. The largest absolute Gasteiger partial charge is 0.510 e. The van der Waals surface area contributed by atoms with Gasteiger partial charge in [0.15, 0.2) is 11.5 Å². The molecule has 4 heterocycles. The van der Waals surface area contributed by atoms with Crippen LogP contribution in [0.15, 0.2) is 71.1 Å². The minimum absolute atomic E-state index is 0.0558.